The summed E-state index contributed by atoms with van der Waals surface area (Å²) in [6.45, 7) is 4.96. The maximum absolute atomic E-state index is 13.1. The van der Waals surface area contributed by atoms with Crippen LogP contribution in [0, 0.1) is 5.92 Å². The fourth-order valence-electron chi connectivity index (χ4n) is 4.01. The van der Waals surface area contributed by atoms with Gasteiger partial charge in [-0.25, -0.2) is 12.7 Å². The zero-order chi connectivity index (χ0) is 22.2. The lowest BCUT2D eigenvalue weighted by Gasteiger charge is -2.35. The van der Waals surface area contributed by atoms with Gasteiger partial charge in [-0.1, -0.05) is 48.9 Å². The molecule has 0 aliphatic carbocycles. The van der Waals surface area contributed by atoms with Gasteiger partial charge in [0.2, 0.25) is 15.9 Å². The lowest BCUT2D eigenvalue weighted by Crippen LogP contribution is -2.48. The van der Waals surface area contributed by atoms with Crippen molar-refractivity contribution in [1.29, 1.82) is 0 Å². The van der Waals surface area contributed by atoms with Crippen molar-refractivity contribution in [2.24, 2.45) is 5.92 Å². The summed E-state index contributed by atoms with van der Waals surface area (Å²) in [4.78, 5) is 29.5. The molecule has 2 amide bonds. The summed E-state index contributed by atoms with van der Waals surface area (Å²) in [6.07, 6.45) is 0. The van der Waals surface area contributed by atoms with Gasteiger partial charge in [-0.15, -0.1) is 0 Å². The van der Waals surface area contributed by atoms with E-state index in [2.05, 4.69) is 17.0 Å². The zero-order valence-electron chi connectivity index (χ0n) is 17.2. The number of benzene rings is 2. The Morgan fingerprint density at radius 1 is 1.06 bits per heavy atom. The molecule has 2 aliphatic rings. The third kappa shape index (κ3) is 4.46. The summed E-state index contributed by atoms with van der Waals surface area (Å²) < 4.78 is 25.6. The third-order valence-electron chi connectivity index (χ3n) is 5.68. The molecule has 0 saturated carbocycles. The normalized spacial score (nSPS) is 21.5. The molecule has 1 unspecified atom stereocenters. The van der Waals surface area contributed by atoms with Gasteiger partial charge in [-0.2, -0.15) is 0 Å². The number of carbonyl (C=O) groups is 2. The molecule has 0 spiro atoms. The average molecular weight is 462 g/mol. The molecule has 2 aliphatic heterocycles. The molecule has 2 saturated heterocycles. The molecule has 2 aromatic rings. The van der Waals surface area contributed by atoms with E-state index in [-0.39, 0.29) is 27.9 Å². The van der Waals surface area contributed by atoms with Gasteiger partial charge in [0.25, 0.3) is 5.91 Å². The predicted octanol–water partition coefficient (Wildman–Crippen LogP) is 2.61. The second-order valence-corrected chi connectivity index (χ2v) is 10.3. The van der Waals surface area contributed by atoms with E-state index < -0.39 is 21.8 Å². The van der Waals surface area contributed by atoms with Crippen LogP contribution in [0.1, 0.15) is 22.8 Å². The molecule has 164 valence electrons. The monoisotopic (exact) mass is 461 g/mol. The van der Waals surface area contributed by atoms with Gasteiger partial charge in [0.1, 0.15) is 0 Å². The van der Waals surface area contributed by atoms with Crippen LogP contribution in [-0.4, -0.2) is 62.0 Å². The molecule has 9 heteroatoms. The predicted molar refractivity (Wildman–Crippen MR) is 120 cm³/mol. The Morgan fingerprint density at radius 3 is 2.35 bits per heavy atom. The molecular formula is C22H24ClN3O4S. The molecule has 0 aromatic heterocycles. The molecule has 4 rings (SSSR count). The van der Waals surface area contributed by atoms with Crippen LogP contribution in [0.3, 0.4) is 0 Å². The molecule has 31 heavy (non-hydrogen) atoms. The van der Waals surface area contributed by atoms with Gasteiger partial charge in [0.05, 0.1) is 27.9 Å². The summed E-state index contributed by atoms with van der Waals surface area (Å²) in [5.41, 5.74) is 1.59. The van der Waals surface area contributed by atoms with Crippen molar-refractivity contribution < 1.29 is 18.0 Å². The third-order valence-corrected chi connectivity index (χ3v) is 7.88. The molecule has 2 aromatic carbocycles. The number of hydrogen-bond acceptors (Lipinski definition) is 5. The van der Waals surface area contributed by atoms with Crippen molar-refractivity contribution in [2.75, 3.05) is 36.2 Å². The van der Waals surface area contributed by atoms with E-state index in [4.69, 9.17) is 11.6 Å². The van der Waals surface area contributed by atoms with E-state index in [1.165, 1.54) is 23.8 Å². The fourth-order valence-corrected chi connectivity index (χ4v) is 6.02. The van der Waals surface area contributed by atoms with Crippen molar-refractivity contribution in [2.45, 2.75) is 13.5 Å². The van der Waals surface area contributed by atoms with Gasteiger partial charge in [-0.05, 0) is 23.8 Å². The Bertz CT molecular complexity index is 1100. The van der Waals surface area contributed by atoms with E-state index in [1.807, 2.05) is 18.2 Å². The molecular weight excluding hydrogens is 438 g/mol. The van der Waals surface area contributed by atoms with Gasteiger partial charge >= 0.3 is 0 Å². The first-order valence-corrected chi connectivity index (χ1v) is 12.2. The quantitative estimate of drug-likeness (QED) is 0.699. The topological polar surface area (TPSA) is 78.0 Å². The van der Waals surface area contributed by atoms with Crippen molar-refractivity contribution in [3.63, 3.8) is 0 Å². The lowest BCUT2D eigenvalue weighted by atomic mass is 10.1. The first kappa shape index (κ1) is 21.8. The molecule has 0 bridgehead atoms. The number of amides is 2. The number of anilines is 1. The Hall–Kier alpha value is -2.42. The second-order valence-electron chi connectivity index (χ2n) is 8.00. The van der Waals surface area contributed by atoms with Crippen LogP contribution >= 0.6 is 11.6 Å². The standard InChI is InChI=1S/C22H24ClN3O4S/c1-16-15-31(29,30)26(21(16)27)18-7-8-20(23)19(13-18)22(28)25-11-9-24(10-12-25)14-17-5-3-2-4-6-17/h2-8,13,16H,9-12,14-15H2,1H3. The Morgan fingerprint density at radius 2 is 1.74 bits per heavy atom. The van der Waals surface area contributed by atoms with Crippen LogP contribution < -0.4 is 4.31 Å². The number of nitrogens with zero attached hydrogens (tertiary/aromatic N) is 3. The highest BCUT2D eigenvalue weighted by atomic mass is 35.5. The lowest BCUT2D eigenvalue weighted by molar-refractivity contribution is -0.119. The minimum atomic E-state index is -3.75. The maximum Gasteiger partial charge on any atom is 0.255 e. The summed E-state index contributed by atoms with van der Waals surface area (Å²) >= 11 is 6.28. The average Bonchev–Trinajstić information content (AvgIpc) is 2.96. The molecule has 7 nitrogen and oxygen atoms in total. The van der Waals surface area contributed by atoms with E-state index in [0.717, 1.165) is 23.9 Å². The van der Waals surface area contributed by atoms with Gasteiger partial charge in [0, 0.05) is 32.7 Å². The van der Waals surface area contributed by atoms with E-state index in [1.54, 1.807) is 11.8 Å². The summed E-state index contributed by atoms with van der Waals surface area (Å²) in [5, 5.41) is 0.234. The van der Waals surface area contributed by atoms with Gasteiger partial charge < -0.3 is 4.90 Å². The summed E-state index contributed by atoms with van der Waals surface area (Å²) in [5.74, 6) is -1.60. The van der Waals surface area contributed by atoms with Crippen LogP contribution in [0.5, 0.6) is 0 Å². The Balaban J connectivity index is 1.48. The SMILES string of the molecule is CC1CS(=O)(=O)N(c2ccc(Cl)c(C(=O)N3CCN(Cc4ccccc4)CC3)c2)C1=O. The van der Waals surface area contributed by atoms with Gasteiger partial charge in [0.15, 0.2) is 0 Å². The smallest absolute Gasteiger partial charge is 0.255 e. The fraction of sp³-hybridized carbons (Fsp3) is 0.364. The van der Waals surface area contributed by atoms with Crippen molar-refractivity contribution in [3.05, 3.63) is 64.7 Å². The van der Waals surface area contributed by atoms with Crippen molar-refractivity contribution >= 4 is 39.1 Å². The minimum absolute atomic E-state index is 0.157. The largest absolute Gasteiger partial charge is 0.336 e. The number of piperazine rings is 1. The molecule has 2 heterocycles. The summed E-state index contributed by atoms with van der Waals surface area (Å²) in [6, 6.07) is 14.5. The van der Waals surface area contributed by atoms with Gasteiger partial charge in [-0.3, -0.25) is 14.5 Å². The molecule has 0 radical (unpaired) electrons. The van der Waals surface area contributed by atoms with Crippen molar-refractivity contribution in [3.8, 4) is 0 Å². The number of carbonyl (C=O) groups excluding carboxylic acids is 2. The molecule has 0 N–H and O–H groups in total. The molecule has 1 atom stereocenters. The highest BCUT2D eigenvalue weighted by Crippen LogP contribution is 2.31. The highest BCUT2D eigenvalue weighted by Gasteiger charge is 2.42. The second kappa shape index (κ2) is 8.61. The molecule has 2 fully saturated rings. The van der Waals surface area contributed by atoms with Crippen LogP contribution in [0.4, 0.5) is 5.69 Å². The minimum Gasteiger partial charge on any atom is -0.336 e. The van der Waals surface area contributed by atoms with Crippen LogP contribution in [-0.2, 0) is 21.4 Å². The van der Waals surface area contributed by atoms with Crippen LogP contribution in [0.2, 0.25) is 5.02 Å². The Labute approximate surface area is 187 Å². The Kier molecular flexibility index (Phi) is 6.05. The van der Waals surface area contributed by atoms with Crippen LogP contribution in [0.15, 0.2) is 48.5 Å². The summed E-state index contributed by atoms with van der Waals surface area (Å²) in [7, 11) is -3.75. The van der Waals surface area contributed by atoms with Crippen molar-refractivity contribution in [1.82, 2.24) is 9.80 Å². The zero-order valence-corrected chi connectivity index (χ0v) is 18.8. The van der Waals surface area contributed by atoms with E-state index in [9.17, 15) is 18.0 Å². The number of halogens is 1. The van der Waals surface area contributed by atoms with E-state index in [0.29, 0.717) is 13.1 Å². The number of rotatable bonds is 4. The maximum atomic E-state index is 13.1. The first-order chi connectivity index (χ1) is 14.8. The first-order valence-electron chi connectivity index (χ1n) is 10.2. The highest BCUT2D eigenvalue weighted by molar-refractivity contribution is 7.94. The van der Waals surface area contributed by atoms with Crippen LogP contribution in [0.25, 0.3) is 0 Å². The number of hydrogen-bond donors (Lipinski definition) is 0. The number of sulfonamides is 1. The van der Waals surface area contributed by atoms with E-state index >= 15 is 0 Å².